The molecule has 0 saturated carbocycles. The highest BCUT2D eigenvalue weighted by Crippen LogP contribution is 2.09. The maximum atomic E-state index is 12.3. The molecular weight excluding hydrogens is 324 g/mol. The first kappa shape index (κ1) is 19.4. The third-order valence-corrected chi connectivity index (χ3v) is 3.98. The van der Waals surface area contributed by atoms with Gasteiger partial charge in [-0.25, -0.2) is 0 Å². The minimum atomic E-state index is -0.873. The van der Waals surface area contributed by atoms with Crippen molar-refractivity contribution in [3.63, 3.8) is 0 Å². The van der Waals surface area contributed by atoms with E-state index in [1.807, 2.05) is 30.3 Å². The lowest BCUT2D eigenvalue weighted by atomic mass is 10.2. The van der Waals surface area contributed by atoms with Crippen LogP contribution in [0.3, 0.4) is 0 Å². The van der Waals surface area contributed by atoms with Gasteiger partial charge >= 0.3 is 5.97 Å². The summed E-state index contributed by atoms with van der Waals surface area (Å²) in [5, 5.41) is 8.80. The maximum Gasteiger partial charge on any atom is 0.317 e. The summed E-state index contributed by atoms with van der Waals surface area (Å²) in [6.07, 6.45) is 0.178. The van der Waals surface area contributed by atoms with Crippen LogP contribution in [0, 0.1) is 0 Å². The molecule has 7 nitrogen and oxygen atoms in total. The average Bonchev–Trinajstić information content (AvgIpc) is 2.59. The first-order valence-corrected chi connectivity index (χ1v) is 8.46. The van der Waals surface area contributed by atoms with Crippen LogP contribution in [0.5, 0.6) is 0 Å². The molecule has 1 aliphatic heterocycles. The molecule has 0 bridgehead atoms. The zero-order valence-corrected chi connectivity index (χ0v) is 14.6. The van der Waals surface area contributed by atoms with E-state index in [4.69, 9.17) is 14.6 Å². The third kappa shape index (κ3) is 7.21. The Balaban J connectivity index is 1.67. The number of aliphatic carboxylic acids is 1. The zero-order chi connectivity index (χ0) is 18.1. The van der Waals surface area contributed by atoms with Crippen LogP contribution in [0.1, 0.15) is 12.0 Å². The van der Waals surface area contributed by atoms with Gasteiger partial charge in [-0.05, 0) is 12.6 Å². The van der Waals surface area contributed by atoms with Crippen molar-refractivity contribution in [2.45, 2.75) is 19.1 Å². The van der Waals surface area contributed by atoms with Gasteiger partial charge in [-0.3, -0.25) is 14.5 Å². The van der Waals surface area contributed by atoms with Crippen LogP contribution < -0.4 is 0 Å². The molecule has 1 heterocycles. The Morgan fingerprint density at radius 2 is 2.12 bits per heavy atom. The number of hydrogen-bond donors (Lipinski definition) is 1. The highest BCUT2D eigenvalue weighted by atomic mass is 16.5. The molecule has 0 radical (unpaired) electrons. The molecule has 0 aromatic heterocycles. The molecule has 1 unspecified atom stereocenters. The zero-order valence-electron chi connectivity index (χ0n) is 14.6. The van der Waals surface area contributed by atoms with Gasteiger partial charge < -0.3 is 19.5 Å². The van der Waals surface area contributed by atoms with Crippen molar-refractivity contribution >= 4 is 11.9 Å². The van der Waals surface area contributed by atoms with E-state index in [-0.39, 0.29) is 18.6 Å². The number of rotatable bonds is 9. The average molecular weight is 350 g/mol. The monoisotopic (exact) mass is 350 g/mol. The van der Waals surface area contributed by atoms with Crippen LogP contribution in [0.15, 0.2) is 30.3 Å². The maximum absolute atomic E-state index is 12.3. The number of carbonyl (C=O) groups excluding carboxylic acids is 1. The van der Waals surface area contributed by atoms with Crippen molar-refractivity contribution in [2.75, 3.05) is 46.4 Å². The Bertz CT molecular complexity index is 552. The summed E-state index contributed by atoms with van der Waals surface area (Å²) in [5.41, 5.74) is 1.09. The van der Waals surface area contributed by atoms with Gasteiger partial charge in [0.15, 0.2) is 0 Å². The molecule has 1 aromatic carbocycles. The van der Waals surface area contributed by atoms with E-state index in [2.05, 4.69) is 0 Å². The molecule has 1 saturated heterocycles. The molecule has 0 aliphatic carbocycles. The van der Waals surface area contributed by atoms with E-state index in [1.165, 1.54) is 0 Å². The Labute approximate surface area is 148 Å². The molecule has 1 aromatic rings. The van der Waals surface area contributed by atoms with E-state index in [9.17, 15) is 9.59 Å². The summed E-state index contributed by atoms with van der Waals surface area (Å²) in [4.78, 5) is 26.5. The predicted molar refractivity (Wildman–Crippen MR) is 92.2 cm³/mol. The fraction of sp³-hybridized carbons (Fsp3) is 0.556. The highest BCUT2D eigenvalue weighted by Gasteiger charge is 2.25. The molecule has 7 heteroatoms. The largest absolute Gasteiger partial charge is 0.480 e. The predicted octanol–water partition coefficient (Wildman–Crippen LogP) is 0.837. The van der Waals surface area contributed by atoms with Gasteiger partial charge in [0, 0.05) is 19.6 Å². The minimum Gasteiger partial charge on any atom is -0.480 e. The number of carboxylic acids is 1. The fourth-order valence-electron chi connectivity index (χ4n) is 2.78. The van der Waals surface area contributed by atoms with Gasteiger partial charge in [-0.15, -0.1) is 0 Å². The smallest absolute Gasteiger partial charge is 0.317 e. The number of nitrogens with zero attached hydrogens (tertiary/aromatic N) is 2. The molecule has 1 atom stereocenters. The SMILES string of the molecule is CN(CC(=O)O)CC1CN(C(=O)CCOCc2ccccc2)CCO1. The van der Waals surface area contributed by atoms with Crippen LogP contribution in [0.2, 0.25) is 0 Å². The highest BCUT2D eigenvalue weighted by molar-refractivity contribution is 5.76. The Kier molecular flexibility index (Phi) is 7.84. The molecule has 25 heavy (non-hydrogen) atoms. The lowest BCUT2D eigenvalue weighted by Gasteiger charge is -2.34. The summed E-state index contributed by atoms with van der Waals surface area (Å²) in [7, 11) is 1.73. The second-order valence-corrected chi connectivity index (χ2v) is 6.21. The fourth-order valence-corrected chi connectivity index (χ4v) is 2.78. The molecule has 1 N–H and O–H groups in total. The number of ether oxygens (including phenoxy) is 2. The van der Waals surface area contributed by atoms with Gasteiger partial charge in [0.05, 0.1) is 38.9 Å². The molecule has 1 aliphatic rings. The van der Waals surface area contributed by atoms with Crippen LogP contribution >= 0.6 is 0 Å². The molecule has 0 spiro atoms. The van der Waals surface area contributed by atoms with Gasteiger partial charge in [0.2, 0.25) is 5.91 Å². The Morgan fingerprint density at radius 1 is 1.36 bits per heavy atom. The normalized spacial score (nSPS) is 17.7. The van der Waals surface area contributed by atoms with Gasteiger partial charge in [-0.1, -0.05) is 30.3 Å². The van der Waals surface area contributed by atoms with Gasteiger partial charge in [0.25, 0.3) is 0 Å². The van der Waals surface area contributed by atoms with Crippen molar-refractivity contribution < 1.29 is 24.2 Å². The molecule has 2 rings (SSSR count). The first-order chi connectivity index (χ1) is 12.0. The van der Waals surface area contributed by atoms with E-state index >= 15 is 0 Å². The van der Waals surface area contributed by atoms with E-state index in [0.29, 0.717) is 45.9 Å². The van der Waals surface area contributed by atoms with Crippen LogP contribution in [0.25, 0.3) is 0 Å². The first-order valence-electron chi connectivity index (χ1n) is 8.46. The summed E-state index contributed by atoms with van der Waals surface area (Å²) in [6, 6.07) is 9.85. The molecule has 1 amide bonds. The molecule has 138 valence electrons. The Morgan fingerprint density at radius 3 is 2.84 bits per heavy atom. The number of carbonyl (C=O) groups is 2. The van der Waals surface area contributed by atoms with E-state index in [0.717, 1.165) is 5.56 Å². The molecular formula is C18H26N2O5. The van der Waals surface area contributed by atoms with Crippen molar-refractivity contribution in [3.8, 4) is 0 Å². The summed E-state index contributed by atoms with van der Waals surface area (Å²) >= 11 is 0. The number of amides is 1. The summed E-state index contributed by atoms with van der Waals surface area (Å²) in [6.45, 7) is 2.86. The lowest BCUT2D eigenvalue weighted by Crippen LogP contribution is -2.49. The Hall–Kier alpha value is -1.96. The quantitative estimate of drug-likeness (QED) is 0.665. The lowest BCUT2D eigenvalue weighted by molar-refractivity contribution is -0.143. The second kappa shape index (κ2) is 10.1. The standard InChI is InChI=1S/C18H26N2O5/c1-19(13-18(22)23)11-16-12-20(8-10-25-16)17(21)7-9-24-14-15-5-3-2-4-6-15/h2-6,16H,7-14H2,1H3,(H,22,23). The van der Waals surface area contributed by atoms with E-state index < -0.39 is 5.97 Å². The topological polar surface area (TPSA) is 79.3 Å². The van der Waals surface area contributed by atoms with Crippen molar-refractivity contribution in [1.82, 2.24) is 9.80 Å². The number of carboxylic acid groups (broad SMARTS) is 1. The van der Waals surface area contributed by atoms with Crippen LogP contribution in [0.4, 0.5) is 0 Å². The summed E-state index contributed by atoms with van der Waals surface area (Å²) < 4.78 is 11.2. The van der Waals surface area contributed by atoms with Crippen molar-refractivity contribution in [2.24, 2.45) is 0 Å². The van der Waals surface area contributed by atoms with E-state index in [1.54, 1.807) is 16.8 Å². The third-order valence-electron chi connectivity index (χ3n) is 3.98. The minimum absolute atomic E-state index is 0.0405. The number of benzene rings is 1. The number of morpholine rings is 1. The summed E-state index contributed by atoms with van der Waals surface area (Å²) in [5.74, 6) is -0.830. The van der Waals surface area contributed by atoms with Crippen LogP contribution in [-0.2, 0) is 25.7 Å². The second-order valence-electron chi connectivity index (χ2n) is 6.21. The van der Waals surface area contributed by atoms with Gasteiger partial charge in [0.1, 0.15) is 0 Å². The van der Waals surface area contributed by atoms with Crippen LogP contribution in [-0.4, -0.2) is 79.3 Å². The van der Waals surface area contributed by atoms with Gasteiger partial charge in [-0.2, -0.15) is 0 Å². The number of hydrogen-bond acceptors (Lipinski definition) is 5. The van der Waals surface area contributed by atoms with Crippen molar-refractivity contribution in [1.29, 1.82) is 0 Å². The number of likely N-dealkylation sites (N-methyl/N-ethyl adjacent to an activating group) is 1. The molecule has 1 fully saturated rings. The van der Waals surface area contributed by atoms with Crippen molar-refractivity contribution in [3.05, 3.63) is 35.9 Å².